The van der Waals surface area contributed by atoms with E-state index in [9.17, 15) is 0 Å². The second-order valence-electron chi connectivity index (χ2n) is 4.69. The Morgan fingerprint density at radius 2 is 2.06 bits per heavy atom. The fourth-order valence-electron chi connectivity index (χ4n) is 1.63. The number of hydrogen-bond acceptors (Lipinski definition) is 2. The van der Waals surface area contributed by atoms with Crippen LogP contribution in [0.5, 0.6) is 5.75 Å². The van der Waals surface area contributed by atoms with Crippen LogP contribution in [0.25, 0.3) is 0 Å². The minimum atomic E-state index is 0.602. The van der Waals surface area contributed by atoms with Gasteiger partial charge in [-0.05, 0) is 42.5 Å². The molecule has 0 aliphatic heterocycles. The van der Waals surface area contributed by atoms with Crippen molar-refractivity contribution in [2.24, 2.45) is 0 Å². The summed E-state index contributed by atoms with van der Waals surface area (Å²) in [5.74, 6) is 0.926. The third-order valence-electron chi connectivity index (χ3n) is 2.99. The highest BCUT2D eigenvalue weighted by Gasteiger charge is 2.19. The molecule has 1 N–H and O–H groups in total. The molecule has 0 aromatic heterocycles. The van der Waals surface area contributed by atoms with E-state index < -0.39 is 0 Å². The Kier molecular flexibility index (Phi) is 4.21. The minimum absolute atomic E-state index is 0.602. The lowest BCUT2D eigenvalue weighted by molar-refractivity contribution is 0.348. The zero-order valence-electron chi connectivity index (χ0n) is 10.5. The van der Waals surface area contributed by atoms with Gasteiger partial charge in [-0.15, -0.1) is 0 Å². The Labute approximate surface area is 104 Å². The van der Waals surface area contributed by atoms with Crippen LogP contribution in [0.15, 0.2) is 36.4 Å². The van der Waals surface area contributed by atoms with Crippen LogP contribution < -0.4 is 10.1 Å². The van der Waals surface area contributed by atoms with E-state index in [0.29, 0.717) is 6.61 Å². The fraction of sp³-hybridized carbons (Fsp3) is 0.467. The zero-order valence-corrected chi connectivity index (χ0v) is 10.5. The summed E-state index contributed by atoms with van der Waals surface area (Å²) in [5.41, 5.74) is 2.45. The summed E-state index contributed by atoms with van der Waals surface area (Å²) in [4.78, 5) is 0. The molecular formula is C15H21NO. The lowest BCUT2D eigenvalue weighted by Gasteiger charge is -2.09. The van der Waals surface area contributed by atoms with Gasteiger partial charge in [0.25, 0.3) is 0 Å². The van der Waals surface area contributed by atoms with E-state index in [1.165, 1.54) is 18.4 Å². The predicted molar refractivity (Wildman–Crippen MR) is 71.5 cm³/mol. The van der Waals surface area contributed by atoms with Gasteiger partial charge in [0, 0.05) is 12.6 Å². The van der Waals surface area contributed by atoms with E-state index >= 15 is 0 Å². The maximum atomic E-state index is 5.68. The van der Waals surface area contributed by atoms with E-state index in [1.54, 1.807) is 0 Å². The molecule has 1 aliphatic rings. The van der Waals surface area contributed by atoms with Crippen molar-refractivity contribution < 1.29 is 4.74 Å². The number of rotatable bonds is 7. The van der Waals surface area contributed by atoms with Crippen LogP contribution in [0.4, 0.5) is 0 Å². The highest BCUT2D eigenvalue weighted by molar-refractivity contribution is 5.27. The molecule has 0 radical (unpaired) electrons. The van der Waals surface area contributed by atoms with Gasteiger partial charge in [-0.3, -0.25) is 0 Å². The van der Waals surface area contributed by atoms with Gasteiger partial charge in [-0.1, -0.05) is 25.6 Å². The van der Waals surface area contributed by atoms with Crippen LogP contribution in [0, 0.1) is 0 Å². The van der Waals surface area contributed by atoms with Crippen LogP contribution in [-0.2, 0) is 6.42 Å². The molecule has 2 nitrogen and oxygen atoms in total. The van der Waals surface area contributed by atoms with E-state index in [-0.39, 0.29) is 0 Å². The van der Waals surface area contributed by atoms with Crippen LogP contribution in [0.2, 0.25) is 0 Å². The molecule has 17 heavy (non-hydrogen) atoms. The van der Waals surface area contributed by atoms with Crippen molar-refractivity contribution in [3.8, 4) is 5.75 Å². The molecule has 0 heterocycles. The summed E-state index contributed by atoms with van der Waals surface area (Å²) < 4.78 is 5.68. The highest BCUT2D eigenvalue weighted by Crippen LogP contribution is 2.18. The SMILES string of the molecule is C=C(CNC1CC1)COc1ccc(CC)cc1. The molecule has 0 bridgehead atoms. The second kappa shape index (κ2) is 5.87. The molecular weight excluding hydrogens is 210 g/mol. The summed E-state index contributed by atoms with van der Waals surface area (Å²) in [5, 5.41) is 3.43. The third-order valence-corrected chi connectivity index (χ3v) is 2.99. The Balaban J connectivity index is 1.70. The normalized spacial score (nSPS) is 14.6. The second-order valence-corrected chi connectivity index (χ2v) is 4.69. The maximum absolute atomic E-state index is 5.68. The summed E-state index contributed by atoms with van der Waals surface area (Å²) in [7, 11) is 0. The number of hydrogen-bond donors (Lipinski definition) is 1. The first-order chi connectivity index (χ1) is 8.28. The van der Waals surface area contributed by atoms with Crippen LogP contribution in [0.1, 0.15) is 25.3 Å². The number of nitrogens with one attached hydrogen (secondary N) is 1. The van der Waals surface area contributed by atoms with E-state index in [1.807, 2.05) is 12.1 Å². The molecule has 1 aromatic rings. The monoisotopic (exact) mass is 231 g/mol. The smallest absolute Gasteiger partial charge is 0.119 e. The molecule has 0 spiro atoms. The van der Waals surface area contributed by atoms with Crippen molar-refractivity contribution in [3.05, 3.63) is 42.0 Å². The molecule has 0 unspecified atom stereocenters. The molecule has 1 saturated carbocycles. The van der Waals surface area contributed by atoms with Gasteiger partial charge in [0.2, 0.25) is 0 Å². The standard InChI is InChI=1S/C15H21NO/c1-3-13-4-8-15(9-5-13)17-11-12(2)10-16-14-6-7-14/h4-5,8-9,14,16H,2-3,6-7,10-11H2,1H3. The first-order valence-electron chi connectivity index (χ1n) is 6.39. The highest BCUT2D eigenvalue weighted by atomic mass is 16.5. The Bertz CT molecular complexity index is 365. The largest absolute Gasteiger partial charge is 0.489 e. The average molecular weight is 231 g/mol. The third kappa shape index (κ3) is 4.23. The van der Waals surface area contributed by atoms with Crippen molar-refractivity contribution in [3.63, 3.8) is 0 Å². The average Bonchev–Trinajstić information content (AvgIpc) is 3.18. The van der Waals surface area contributed by atoms with Gasteiger partial charge in [0.1, 0.15) is 12.4 Å². The predicted octanol–water partition coefficient (Wildman–Crippen LogP) is 2.94. The van der Waals surface area contributed by atoms with Gasteiger partial charge < -0.3 is 10.1 Å². The number of aryl methyl sites for hydroxylation is 1. The van der Waals surface area contributed by atoms with Crippen LogP contribution >= 0.6 is 0 Å². The zero-order chi connectivity index (χ0) is 12.1. The van der Waals surface area contributed by atoms with Crippen molar-refractivity contribution in [1.29, 1.82) is 0 Å². The lowest BCUT2D eigenvalue weighted by Crippen LogP contribution is -2.21. The Morgan fingerprint density at radius 1 is 1.35 bits per heavy atom. The molecule has 0 saturated heterocycles. The molecule has 1 aromatic carbocycles. The summed E-state index contributed by atoms with van der Waals surface area (Å²) in [6.07, 6.45) is 3.69. The first kappa shape index (κ1) is 12.2. The van der Waals surface area contributed by atoms with Crippen molar-refractivity contribution in [2.75, 3.05) is 13.2 Å². The summed E-state index contributed by atoms with van der Waals surface area (Å²) in [6, 6.07) is 9.01. The topological polar surface area (TPSA) is 21.3 Å². The van der Waals surface area contributed by atoms with Crippen molar-refractivity contribution in [2.45, 2.75) is 32.2 Å². The Morgan fingerprint density at radius 3 is 2.65 bits per heavy atom. The molecule has 2 rings (SSSR count). The lowest BCUT2D eigenvalue weighted by atomic mass is 10.2. The number of ether oxygens (including phenoxy) is 1. The molecule has 0 atom stereocenters. The first-order valence-corrected chi connectivity index (χ1v) is 6.39. The van der Waals surface area contributed by atoms with Gasteiger partial charge >= 0.3 is 0 Å². The van der Waals surface area contributed by atoms with Crippen LogP contribution in [-0.4, -0.2) is 19.2 Å². The maximum Gasteiger partial charge on any atom is 0.119 e. The minimum Gasteiger partial charge on any atom is -0.489 e. The molecule has 1 aliphatic carbocycles. The van der Waals surface area contributed by atoms with E-state index in [2.05, 4.69) is 31.0 Å². The van der Waals surface area contributed by atoms with Gasteiger partial charge in [-0.25, -0.2) is 0 Å². The fourth-order valence-corrected chi connectivity index (χ4v) is 1.63. The Hall–Kier alpha value is -1.28. The summed E-state index contributed by atoms with van der Waals surface area (Å²) in [6.45, 7) is 7.64. The van der Waals surface area contributed by atoms with Crippen molar-refractivity contribution in [1.82, 2.24) is 5.32 Å². The quantitative estimate of drug-likeness (QED) is 0.728. The van der Waals surface area contributed by atoms with Gasteiger partial charge in [0.05, 0.1) is 0 Å². The molecule has 2 heteroatoms. The summed E-state index contributed by atoms with van der Waals surface area (Å²) >= 11 is 0. The van der Waals surface area contributed by atoms with Crippen LogP contribution in [0.3, 0.4) is 0 Å². The molecule has 1 fully saturated rings. The van der Waals surface area contributed by atoms with Crippen molar-refractivity contribution >= 4 is 0 Å². The van der Waals surface area contributed by atoms with E-state index in [0.717, 1.165) is 30.3 Å². The number of benzene rings is 1. The molecule has 92 valence electrons. The van der Waals surface area contributed by atoms with Gasteiger partial charge in [-0.2, -0.15) is 0 Å². The van der Waals surface area contributed by atoms with Gasteiger partial charge in [0.15, 0.2) is 0 Å². The van der Waals surface area contributed by atoms with E-state index in [4.69, 9.17) is 4.74 Å². The molecule has 0 amide bonds.